The van der Waals surface area contributed by atoms with Gasteiger partial charge in [0.1, 0.15) is 24.8 Å². The molecule has 4 rings (SSSR count). The van der Waals surface area contributed by atoms with Crippen molar-refractivity contribution in [3.8, 4) is 17.2 Å². The summed E-state index contributed by atoms with van der Waals surface area (Å²) in [6, 6.07) is 16.5. The van der Waals surface area contributed by atoms with Gasteiger partial charge in [0, 0.05) is 5.02 Å². The fraction of sp³-hybridized carbons (Fsp3) is 0.185. The second kappa shape index (κ2) is 12.5. The van der Waals surface area contributed by atoms with Gasteiger partial charge < -0.3 is 14.2 Å². The average Bonchev–Trinajstić information content (AvgIpc) is 3.12. The van der Waals surface area contributed by atoms with E-state index in [0.717, 1.165) is 22.2 Å². The summed E-state index contributed by atoms with van der Waals surface area (Å²) >= 11 is 10.5. The summed E-state index contributed by atoms with van der Waals surface area (Å²) in [7, 11) is 0. The molecule has 0 radical (unpaired) electrons. The van der Waals surface area contributed by atoms with Crippen LogP contribution in [0.5, 0.6) is 17.2 Å². The number of thioether (sulfide) groups is 1. The van der Waals surface area contributed by atoms with E-state index in [0.29, 0.717) is 38.9 Å². The normalized spacial score (nSPS) is 14.4. The lowest BCUT2D eigenvalue weighted by molar-refractivity contribution is -0.123. The number of imide groups is 1. The van der Waals surface area contributed by atoms with Crippen molar-refractivity contribution >= 4 is 56.5 Å². The molecule has 1 fully saturated rings. The summed E-state index contributed by atoms with van der Waals surface area (Å²) in [5.41, 5.74) is 1.57. The fourth-order valence-corrected chi connectivity index (χ4v) is 5.14. The Morgan fingerprint density at radius 1 is 1.05 bits per heavy atom. The van der Waals surface area contributed by atoms with E-state index in [1.54, 1.807) is 24.3 Å². The van der Waals surface area contributed by atoms with Gasteiger partial charge in [-0.2, -0.15) is 0 Å². The minimum Gasteiger partial charge on any atom is -0.492 e. The summed E-state index contributed by atoms with van der Waals surface area (Å²) in [5.74, 6) is 0.688. The predicted molar refractivity (Wildman–Crippen MR) is 146 cm³/mol. The number of hydrogen-bond donors (Lipinski definition) is 0. The number of hydrogen-bond acceptors (Lipinski definition) is 6. The van der Waals surface area contributed by atoms with Crippen molar-refractivity contribution in [2.24, 2.45) is 0 Å². The molecule has 1 aliphatic heterocycles. The standard InChI is InChI=1S/C27H22BrClFNO5S/c1-2-34-23-14-18(13-22(28)25(23)36-16-17-4-3-5-19(29)12-17)15-24-26(32)31(27(33)37-24)10-11-35-21-8-6-20(30)7-9-21/h3-9,12-15H,2,10-11,16H2,1H3/b24-15-. The zero-order valence-electron chi connectivity index (χ0n) is 19.7. The van der Waals surface area contributed by atoms with Crippen LogP contribution < -0.4 is 14.2 Å². The van der Waals surface area contributed by atoms with Crippen LogP contribution in [0.4, 0.5) is 9.18 Å². The van der Waals surface area contributed by atoms with Gasteiger partial charge in [-0.1, -0.05) is 23.7 Å². The number of ether oxygens (including phenoxy) is 3. The van der Waals surface area contributed by atoms with Crippen LogP contribution in [-0.2, 0) is 11.4 Å². The molecule has 3 aromatic rings. The lowest BCUT2D eigenvalue weighted by Crippen LogP contribution is -2.32. The molecule has 37 heavy (non-hydrogen) atoms. The quantitative estimate of drug-likeness (QED) is 0.225. The second-order valence-electron chi connectivity index (χ2n) is 7.82. The lowest BCUT2D eigenvalue weighted by Gasteiger charge is -2.15. The smallest absolute Gasteiger partial charge is 0.293 e. The van der Waals surface area contributed by atoms with E-state index < -0.39 is 5.91 Å². The number of carbonyl (C=O) groups is 2. The Hall–Kier alpha value is -3.01. The molecule has 0 aromatic heterocycles. The molecule has 192 valence electrons. The minimum absolute atomic E-state index is 0.0730. The Morgan fingerprint density at radius 2 is 1.84 bits per heavy atom. The van der Waals surface area contributed by atoms with E-state index in [4.69, 9.17) is 25.8 Å². The maximum atomic E-state index is 13.0. The number of nitrogens with zero attached hydrogens (tertiary/aromatic N) is 1. The number of benzene rings is 3. The third-order valence-electron chi connectivity index (χ3n) is 5.17. The van der Waals surface area contributed by atoms with E-state index >= 15 is 0 Å². The van der Waals surface area contributed by atoms with Crippen LogP contribution in [0.3, 0.4) is 0 Å². The van der Waals surface area contributed by atoms with Crippen LogP contribution in [0.25, 0.3) is 6.08 Å². The molecule has 1 heterocycles. The van der Waals surface area contributed by atoms with E-state index in [1.807, 2.05) is 25.1 Å². The van der Waals surface area contributed by atoms with Crippen LogP contribution in [-0.4, -0.2) is 35.8 Å². The molecule has 0 aliphatic carbocycles. The number of halogens is 3. The van der Waals surface area contributed by atoms with Gasteiger partial charge >= 0.3 is 0 Å². The molecule has 0 atom stereocenters. The zero-order chi connectivity index (χ0) is 26.4. The summed E-state index contributed by atoms with van der Waals surface area (Å²) in [6.45, 7) is 2.73. The summed E-state index contributed by atoms with van der Waals surface area (Å²) < 4.78 is 31.0. The summed E-state index contributed by atoms with van der Waals surface area (Å²) in [4.78, 5) is 26.8. The Labute approximate surface area is 231 Å². The Bertz CT molecular complexity index is 1330. The molecular formula is C27H22BrClFNO5S. The Balaban J connectivity index is 1.45. The molecule has 0 bridgehead atoms. The van der Waals surface area contributed by atoms with E-state index in [9.17, 15) is 14.0 Å². The number of carbonyl (C=O) groups excluding carboxylic acids is 2. The molecule has 10 heteroatoms. The molecule has 0 saturated carbocycles. The first-order chi connectivity index (χ1) is 17.8. The molecule has 0 spiro atoms. The highest BCUT2D eigenvalue weighted by Gasteiger charge is 2.35. The first-order valence-electron chi connectivity index (χ1n) is 11.3. The van der Waals surface area contributed by atoms with Crippen LogP contribution in [0, 0.1) is 5.82 Å². The molecule has 0 unspecified atom stereocenters. The van der Waals surface area contributed by atoms with Gasteiger partial charge in [-0.25, -0.2) is 4.39 Å². The maximum absolute atomic E-state index is 13.0. The highest BCUT2D eigenvalue weighted by Crippen LogP contribution is 2.39. The van der Waals surface area contributed by atoms with Crippen LogP contribution >= 0.6 is 39.3 Å². The van der Waals surface area contributed by atoms with Gasteiger partial charge in [0.15, 0.2) is 11.5 Å². The molecule has 1 saturated heterocycles. The molecule has 1 aliphatic rings. The molecule has 0 N–H and O–H groups in total. The number of amides is 2. The lowest BCUT2D eigenvalue weighted by atomic mass is 10.1. The van der Waals surface area contributed by atoms with Crippen LogP contribution in [0.2, 0.25) is 5.02 Å². The second-order valence-corrected chi connectivity index (χ2v) is 10.1. The van der Waals surface area contributed by atoms with Gasteiger partial charge in [-0.15, -0.1) is 0 Å². The van der Waals surface area contributed by atoms with Gasteiger partial charge in [0.25, 0.3) is 11.1 Å². The van der Waals surface area contributed by atoms with E-state index in [1.165, 1.54) is 24.3 Å². The molecule has 6 nitrogen and oxygen atoms in total. The Kier molecular flexibility index (Phi) is 9.13. The van der Waals surface area contributed by atoms with E-state index in [2.05, 4.69) is 15.9 Å². The highest BCUT2D eigenvalue weighted by molar-refractivity contribution is 9.10. The minimum atomic E-state index is -0.409. The van der Waals surface area contributed by atoms with Crippen molar-refractivity contribution in [2.45, 2.75) is 13.5 Å². The molecule has 2 amide bonds. The van der Waals surface area contributed by atoms with Crippen LogP contribution in [0.15, 0.2) is 70.0 Å². The number of rotatable bonds is 10. The highest BCUT2D eigenvalue weighted by atomic mass is 79.9. The first-order valence-corrected chi connectivity index (χ1v) is 13.3. The van der Waals surface area contributed by atoms with Crippen molar-refractivity contribution in [2.75, 3.05) is 19.8 Å². The fourth-order valence-electron chi connectivity index (χ4n) is 3.49. The largest absolute Gasteiger partial charge is 0.492 e. The first kappa shape index (κ1) is 27.0. The summed E-state index contributed by atoms with van der Waals surface area (Å²) in [5, 5.41) is 0.237. The van der Waals surface area contributed by atoms with Gasteiger partial charge in [0.2, 0.25) is 0 Å². The Morgan fingerprint density at radius 3 is 2.57 bits per heavy atom. The van der Waals surface area contributed by atoms with E-state index in [-0.39, 0.29) is 35.7 Å². The van der Waals surface area contributed by atoms with Crippen molar-refractivity contribution in [3.63, 3.8) is 0 Å². The predicted octanol–water partition coefficient (Wildman–Crippen LogP) is 7.33. The topological polar surface area (TPSA) is 65.1 Å². The van der Waals surface area contributed by atoms with Crippen molar-refractivity contribution in [1.82, 2.24) is 4.90 Å². The van der Waals surface area contributed by atoms with Gasteiger partial charge in [0.05, 0.1) is 22.5 Å². The summed E-state index contributed by atoms with van der Waals surface area (Å²) in [6.07, 6.45) is 1.64. The average molecular weight is 607 g/mol. The monoisotopic (exact) mass is 605 g/mol. The van der Waals surface area contributed by atoms with Gasteiger partial charge in [-0.3, -0.25) is 14.5 Å². The van der Waals surface area contributed by atoms with Crippen molar-refractivity contribution in [3.05, 3.63) is 92.0 Å². The zero-order valence-corrected chi connectivity index (χ0v) is 22.9. The molecule has 3 aromatic carbocycles. The molecular weight excluding hydrogens is 585 g/mol. The SMILES string of the molecule is CCOc1cc(/C=C2\SC(=O)N(CCOc3ccc(F)cc3)C2=O)cc(Br)c1OCc1cccc(Cl)c1. The van der Waals surface area contributed by atoms with Gasteiger partial charge in [-0.05, 0) is 100 Å². The van der Waals surface area contributed by atoms with Crippen molar-refractivity contribution in [1.29, 1.82) is 0 Å². The third-order valence-corrected chi connectivity index (χ3v) is 6.90. The van der Waals surface area contributed by atoms with Crippen molar-refractivity contribution < 1.29 is 28.2 Å². The van der Waals surface area contributed by atoms with Crippen LogP contribution in [0.1, 0.15) is 18.1 Å². The maximum Gasteiger partial charge on any atom is 0.293 e. The third kappa shape index (κ3) is 7.06.